The van der Waals surface area contributed by atoms with E-state index in [0.717, 1.165) is 12.8 Å². The summed E-state index contributed by atoms with van der Waals surface area (Å²) in [5.74, 6) is 1.54. The average Bonchev–Trinajstić information content (AvgIpc) is 2.81. The molecule has 0 aromatic heterocycles. The lowest BCUT2D eigenvalue weighted by Gasteiger charge is -2.20. The first kappa shape index (κ1) is 11.7. The van der Waals surface area contributed by atoms with Crippen LogP contribution in [-0.4, -0.2) is 19.9 Å². The third kappa shape index (κ3) is 2.06. The average molecular weight is 315 g/mol. The Bertz CT molecular complexity index is 538. The summed E-state index contributed by atoms with van der Waals surface area (Å²) in [7, 11) is -2.76. The van der Waals surface area contributed by atoms with Crippen molar-refractivity contribution >= 4 is 25.8 Å². The van der Waals surface area contributed by atoms with Crippen LogP contribution in [0.5, 0.6) is 0 Å². The summed E-state index contributed by atoms with van der Waals surface area (Å²) in [5.41, 5.74) is 2.73. The molecule has 1 aliphatic heterocycles. The Kier molecular flexibility index (Phi) is 2.82. The lowest BCUT2D eigenvalue weighted by atomic mass is 9.89. The largest absolute Gasteiger partial charge is 0.229 e. The number of fused-ring (bicyclic) bond motifs is 1. The Morgan fingerprint density at radius 2 is 2.00 bits per heavy atom. The summed E-state index contributed by atoms with van der Waals surface area (Å²) in [5, 5.41) is 0. The molecule has 3 atom stereocenters. The molecule has 2 aliphatic rings. The second-order valence-electron chi connectivity index (χ2n) is 5.13. The van der Waals surface area contributed by atoms with E-state index in [0.29, 0.717) is 28.2 Å². The highest BCUT2D eigenvalue weighted by Crippen LogP contribution is 2.47. The molecular weight excluding hydrogens is 300 g/mol. The molecule has 0 amide bonds. The first-order chi connectivity index (χ1) is 8.07. The monoisotopic (exact) mass is 314 g/mol. The maximum absolute atomic E-state index is 11.6. The van der Waals surface area contributed by atoms with Crippen molar-refractivity contribution < 1.29 is 8.42 Å². The van der Waals surface area contributed by atoms with E-state index in [1.807, 2.05) is 0 Å². The number of rotatable bonds is 1. The molecule has 0 spiro atoms. The fourth-order valence-electron chi connectivity index (χ4n) is 3.14. The van der Waals surface area contributed by atoms with Crippen molar-refractivity contribution in [2.75, 3.05) is 11.5 Å². The molecule has 1 fully saturated rings. The van der Waals surface area contributed by atoms with Crippen molar-refractivity contribution in [3.63, 3.8) is 0 Å². The van der Waals surface area contributed by atoms with Gasteiger partial charge < -0.3 is 0 Å². The predicted octanol–water partition coefficient (Wildman–Crippen LogP) is 2.73. The third-order valence-electron chi connectivity index (χ3n) is 4.06. The van der Waals surface area contributed by atoms with E-state index in [2.05, 4.69) is 40.2 Å². The van der Waals surface area contributed by atoms with Gasteiger partial charge in [-0.05, 0) is 35.8 Å². The zero-order chi connectivity index (χ0) is 12.0. The maximum atomic E-state index is 11.6. The number of hydrogen-bond donors (Lipinski definition) is 0. The van der Waals surface area contributed by atoms with Gasteiger partial charge in [0.2, 0.25) is 0 Å². The van der Waals surface area contributed by atoms with Crippen molar-refractivity contribution in [3.05, 3.63) is 35.4 Å². The molecule has 3 rings (SSSR count). The Morgan fingerprint density at radius 3 is 2.65 bits per heavy atom. The second-order valence-corrected chi connectivity index (χ2v) is 8.35. The summed E-state index contributed by atoms with van der Waals surface area (Å²) in [6.45, 7) is 0. The SMILES string of the molecule is O=S1(=O)CCC(C2Cc3ccccc3C2Br)C1. The smallest absolute Gasteiger partial charge is 0.150 e. The molecule has 1 saturated heterocycles. The topological polar surface area (TPSA) is 34.1 Å². The van der Waals surface area contributed by atoms with Gasteiger partial charge in [-0.3, -0.25) is 0 Å². The van der Waals surface area contributed by atoms with Gasteiger partial charge in [-0.2, -0.15) is 0 Å². The van der Waals surface area contributed by atoms with Crippen LogP contribution in [0, 0.1) is 11.8 Å². The molecule has 1 aliphatic carbocycles. The molecule has 1 aromatic rings. The van der Waals surface area contributed by atoms with Gasteiger partial charge in [0.1, 0.15) is 0 Å². The number of alkyl halides is 1. The van der Waals surface area contributed by atoms with Crippen molar-refractivity contribution in [1.82, 2.24) is 0 Å². The van der Waals surface area contributed by atoms with Crippen LogP contribution < -0.4 is 0 Å². The summed E-state index contributed by atoms with van der Waals surface area (Å²) in [6, 6.07) is 8.43. The zero-order valence-electron chi connectivity index (χ0n) is 9.47. The normalized spacial score (nSPS) is 34.8. The fourth-order valence-corrected chi connectivity index (χ4v) is 6.10. The molecule has 1 aromatic carbocycles. The van der Waals surface area contributed by atoms with Crippen LogP contribution in [0.25, 0.3) is 0 Å². The van der Waals surface area contributed by atoms with Gasteiger partial charge in [-0.1, -0.05) is 40.2 Å². The quantitative estimate of drug-likeness (QED) is 0.747. The van der Waals surface area contributed by atoms with Crippen LogP contribution >= 0.6 is 15.9 Å². The highest BCUT2D eigenvalue weighted by atomic mass is 79.9. The van der Waals surface area contributed by atoms with E-state index in [-0.39, 0.29) is 0 Å². The van der Waals surface area contributed by atoms with Gasteiger partial charge in [0.25, 0.3) is 0 Å². The van der Waals surface area contributed by atoms with Gasteiger partial charge in [0.15, 0.2) is 9.84 Å². The summed E-state index contributed by atoms with van der Waals surface area (Å²) in [4.78, 5) is 0.331. The van der Waals surface area contributed by atoms with Crippen LogP contribution in [0.15, 0.2) is 24.3 Å². The molecule has 2 nitrogen and oxygen atoms in total. The summed E-state index contributed by atoms with van der Waals surface area (Å²) >= 11 is 3.76. The standard InChI is InChI=1S/C13H15BrO2S/c14-13-11-4-2-1-3-9(11)7-12(13)10-5-6-17(15,16)8-10/h1-4,10,12-13H,5-8H2. The lowest BCUT2D eigenvalue weighted by molar-refractivity contribution is 0.379. The number of halogens is 1. The third-order valence-corrected chi connectivity index (χ3v) is 7.02. The first-order valence-electron chi connectivity index (χ1n) is 5.99. The van der Waals surface area contributed by atoms with Crippen LogP contribution in [0.4, 0.5) is 0 Å². The minimum atomic E-state index is -2.76. The molecule has 17 heavy (non-hydrogen) atoms. The van der Waals surface area contributed by atoms with E-state index in [1.54, 1.807) is 0 Å². The molecule has 0 bridgehead atoms. The van der Waals surface area contributed by atoms with Crippen molar-refractivity contribution in [2.24, 2.45) is 11.8 Å². The van der Waals surface area contributed by atoms with E-state index >= 15 is 0 Å². The first-order valence-corrected chi connectivity index (χ1v) is 8.73. The molecule has 0 saturated carbocycles. The minimum Gasteiger partial charge on any atom is -0.229 e. The Labute approximate surface area is 110 Å². The van der Waals surface area contributed by atoms with Crippen molar-refractivity contribution in [1.29, 1.82) is 0 Å². The van der Waals surface area contributed by atoms with Gasteiger partial charge in [0.05, 0.1) is 11.5 Å². The fraction of sp³-hybridized carbons (Fsp3) is 0.538. The van der Waals surface area contributed by atoms with Gasteiger partial charge in [-0.25, -0.2) is 8.42 Å². The van der Waals surface area contributed by atoms with Crippen LogP contribution in [0.1, 0.15) is 22.4 Å². The van der Waals surface area contributed by atoms with Gasteiger partial charge in [-0.15, -0.1) is 0 Å². The zero-order valence-corrected chi connectivity index (χ0v) is 11.9. The number of hydrogen-bond acceptors (Lipinski definition) is 2. The van der Waals surface area contributed by atoms with Crippen molar-refractivity contribution in [2.45, 2.75) is 17.7 Å². The number of benzene rings is 1. The summed E-state index contributed by atoms with van der Waals surface area (Å²) in [6.07, 6.45) is 1.86. The molecule has 0 N–H and O–H groups in total. The van der Waals surface area contributed by atoms with Gasteiger partial charge >= 0.3 is 0 Å². The molecule has 4 heteroatoms. The second kappa shape index (κ2) is 4.09. The molecule has 1 heterocycles. The molecule has 3 unspecified atom stereocenters. The van der Waals surface area contributed by atoms with Gasteiger partial charge in [0, 0.05) is 4.83 Å². The molecular formula is C13H15BrO2S. The predicted molar refractivity (Wildman–Crippen MR) is 72.1 cm³/mol. The van der Waals surface area contributed by atoms with Crippen LogP contribution in [0.3, 0.4) is 0 Å². The maximum Gasteiger partial charge on any atom is 0.150 e. The Hall–Kier alpha value is -0.350. The number of sulfone groups is 1. The van der Waals surface area contributed by atoms with E-state index in [9.17, 15) is 8.42 Å². The molecule has 92 valence electrons. The summed E-state index contributed by atoms with van der Waals surface area (Å²) < 4.78 is 23.1. The minimum absolute atomic E-state index is 0.330. The van der Waals surface area contributed by atoms with Crippen LogP contribution in [0.2, 0.25) is 0 Å². The van der Waals surface area contributed by atoms with E-state index < -0.39 is 9.84 Å². The van der Waals surface area contributed by atoms with Crippen LogP contribution in [-0.2, 0) is 16.3 Å². The Balaban J connectivity index is 1.85. The van der Waals surface area contributed by atoms with E-state index in [1.165, 1.54) is 11.1 Å². The van der Waals surface area contributed by atoms with Crippen molar-refractivity contribution in [3.8, 4) is 0 Å². The lowest BCUT2D eigenvalue weighted by Crippen LogP contribution is -2.18. The Morgan fingerprint density at radius 1 is 1.24 bits per heavy atom. The van der Waals surface area contributed by atoms with E-state index in [4.69, 9.17) is 0 Å². The highest BCUT2D eigenvalue weighted by molar-refractivity contribution is 9.09. The molecule has 0 radical (unpaired) electrons. The highest BCUT2D eigenvalue weighted by Gasteiger charge is 2.40.